The monoisotopic (exact) mass is 176 g/mol. The van der Waals surface area contributed by atoms with Crippen LogP contribution in [0.5, 0.6) is 0 Å². The number of likely N-dealkylation sites (tertiary alicyclic amines) is 1. The van der Waals surface area contributed by atoms with Crippen molar-refractivity contribution in [3.8, 4) is 0 Å². The molecule has 0 aromatic rings. The normalized spacial score (nSPS) is 35.4. The average molecular weight is 177 g/mol. The fourth-order valence-corrected chi connectivity index (χ4v) is 1.87. The van der Waals surface area contributed by atoms with Gasteiger partial charge in [-0.25, -0.2) is 0 Å². The van der Waals surface area contributed by atoms with Gasteiger partial charge in [-0.1, -0.05) is 0 Å². The standard InChI is InChI=1S/C7H12N2O.ClH/c1-9-6-2-5(7(9)10)3-8-4-6;/h5-6,8H,2-4H2,1H3;1H. The van der Waals surface area contributed by atoms with Gasteiger partial charge in [-0.05, 0) is 6.42 Å². The van der Waals surface area contributed by atoms with Crippen molar-refractivity contribution in [1.29, 1.82) is 0 Å². The van der Waals surface area contributed by atoms with Gasteiger partial charge in [0.25, 0.3) is 0 Å². The fraction of sp³-hybridized carbons (Fsp3) is 0.857. The van der Waals surface area contributed by atoms with Crippen molar-refractivity contribution in [3.63, 3.8) is 0 Å². The van der Waals surface area contributed by atoms with Crippen molar-refractivity contribution in [2.75, 3.05) is 20.1 Å². The zero-order chi connectivity index (χ0) is 7.14. The number of likely N-dealkylation sites (N-methyl/N-ethyl adjacent to an activating group) is 1. The van der Waals surface area contributed by atoms with Gasteiger partial charge in [-0.3, -0.25) is 4.79 Å². The number of carbonyl (C=O) groups excluding carboxylic acids is 1. The van der Waals surface area contributed by atoms with Crippen LogP contribution in [0.2, 0.25) is 0 Å². The van der Waals surface area contributed by atoms with Crippen molar-refractivity contribution in [3.05, 3.63) is 0 Å². The van der Waals surface area contributed by atoms with Gasteiger partial charge in [-0.15, -0.1) is 12.4 Å². The molecule has 0 aromatic heterocycles. The van der Waals surface area contributed by atoms with E-state index >= 15 is 0 Å². The predicted octanol–water partition coefficient (Wildman–Crippen LogP) is -0.142. The van der Waals surface area contributed by atoms with E-state index in [9.17, 15) is 4.79 Å². The number of nitrogens with zero attached hydrogens (tertiary/aromatic N) is 1. The Morgan fingerprint density at radius 1 is 1.55 bits per heavy atom. The Kier molecular flexibility index (Phi) is 2.40. The summed E-state index contributed by atoms with van der Waals surface area (Å²) in [5, 5.41) is 3.25. The molecule has 11 heavy (non-hydrogen) atoms. The molecule has 2 fully saturated rings. The maximum Gasteiger partial charge on any atom is 0.227 e. The summed E-state index contributed by atoms with van der Waals surface area (Å²) in [6, 6.07) is 0.478. The predicted molar refractivity (Wildman–Crippen MR) is 44.8 cm³/mol. The average Bonchev–Trinajstić information content (AvgIpc) is 2.17. The highest BCUT2D eigenvalue weighted by atomic mass is 35.5. The first-order chi connectivity index (χ1) is 4.79. The quantitative estimate of drug-likeness (QED) is 0.557. The maximum absolute atomic E-state index is 11.3. The summed E-state index contributed by atoms with van der Waals surface area (Å²) in [4.78, 5) is 13.2. The van der Waals surface area contributed by atoms with E-state index in [0.717, 1.165) is 19.5 Å². The van der Waals surface area contributed by atoms with Crippen LogP contribution in [-0.2, 0) is 4.79 Å². The van der Waals surface area contributed by atoms with Gasteiger partial charge in [-0.2, -0.15) is 0 Å². The van der Waals surface area contributed by atoms with Gasteiger partial charge in [0.1, 0.15) is 0 Å². The number of hydrogen-bond donors (Lipinski definition) is 1. The van der Waals surface area contributed by atoms with Gasteiger partial charge in [0, 0.05) is 26.2 Å². The number of fused-ring (bicyclic) bond motifs is 2. The third-order valence-electron chi connectivity index (χ3n) is 2.57. The maximum atomic E-state index is 11.3. The van der Waals surface area contributed by atoms with Crippen LogP contribution in [0.15, 0.2) is 0 Å². The van der Waals surface area contributed by atoms with E-state index in [4.69, 9.17) is 0 Å². The summed E-state index contributed by atoms with van der Waals surface area (Å²) in [5.74, 6) is 0.610. The van der Waals surface area contributed by atoms with Gasteiger partial charge in [0.2, 0.25) is 5.91 Å². The van der Waals surface area contributed by atoms with Crippen molar-refractivity contribution >= 4 is 18.3 Å². The van der Waals surface area contributed by atoms with Crippen LogP contribution in [0.3, 0.4) is 0 Å². The molecule has 64 valence electrons. The Labute approximate surface area is 72.5 Å². The topological polar surface area (TPSA) is 32.3 Å². The van der Waals surface area contributed by atoms with E-state index in [-0.39, 0.29) is 18.3 Å². The highest BCUT2D eigenvalue weighted by molar-refractivity contribution is 5.85. The minimum absolute atomic E-state index is 0. The van der Waals surface area contributed by atoms with Gasteiger partial charge < -0.3 is 10.2 Å². The fourth-order valence-electron chi connectivity index (χ4n) is 1.87. The Morgan fingerprint density at radius 3 is 2.82 bits per heavy atom. The molecule has 2 unspecified atom stereocenters. The summed E-state index contributed by atoms with van der Waals surface area (Å²) in [6.07, 6.45) is 1.07. The third kappa shape index (κ3) is 1.23. The minimum Gasteiger partial charge on any atom is -0.341 e. The van der Waals surface area contributed by atoms with E-state index in [1.807, 2.05) is 11.9 Å². The van der Waals surface area contributed by atoms with E-state index in [0.29, 0.717) is 11.9 Å². The second-order valence-electron chi connectivity index (χ2n) is 3.19. The molecule has 0 spiro atoms. The smallest absolute Gasteiger partial charge is 0.227 e. The number of amides is 1. The van der Waals surface area contributed by atoms with E-state index in [1.54, 1.807) is 0 Å². The summed E-state index contributed by atoms with van der Waals surface area (Å²) in [7, 11) is 1.90. The zero-order valence-electron chi connectivity index (χ0n) is 6.54. The van der Waals surface area contributed by atoms with Gasteiger partial charge >= 0.3 is 0 Å². The molecular formula is C7H13ClN2O. The highest BCUT2D eigenvalue weighted by Gasteiger charge is 2.39. The molecule has 0 radical (unpaired) electrons. The van der Waals surface area contributed by atoms with Crippen molar-refractivity contribution < 1.29 is 4.79 Å². The molecule has 1 amide bonds. The Balaban J connectivity index is 0.000000605. The molecule has 4 heteroatoms. The molecule has 3 nitrogen and oxygen atoms in total. The van der Waals surface area contributed by atoms with Crippen LogP contribution >= 0.6 is 12.4 Å². The molecule has 0 saturated carbocycles. The van der Waals surface area contributed by atoms with Gasteiger partial charge in [0.15, 0.2) is 0 Å². The molecule has 2 saturated heterocycles. The molecule has 2 atom stereocenters. The van der Waals surface area contributed by atoms with Crippen LogP contribution in [-0.4, -0.2) is 37.0 Å². The molecule has 2 aliphatic rings. The van der Waals surface area contributed by atoms with Crippen molar-refractivity contribution in [2.24, 2.45) is 5.92 Å². The lowest BCUT2D eigenvalue weighted by molar-refractivity contribution is -0.129. The molecule has 2 heterocycles. The van der Waals surface area contributed by atoms with Crippen LogP contribution in [0.1, 0.15) is 6.42 Å². The number of carbonyl (C=O) groups is 1. The molecule has 2 bridgehead atoms. The number of hydrogen-bond acceptors (Lipinski definition) is 2. The van der Waals surface area contributed by atoms with Crippen molar-refractivity contribution in [2.45, 2.75) is 12.5 Å². The first-order valence-electron chi connectivity index (χ1n) is 3.76. The lowest BCUT2D eigenvalue weighted by Crippen LogP contribution is -2.37. The van der Waals surface area contributed by atoms with E-state index in [2.05, 4.69) is 5.32 Å². The summed E-state index contributed by atoms with van der Waals surface area (Å²) in [5.41, 5.74) is 0. The first-order valence-corrected chi connectivity index (χ1v) is 3.76. The Hall–Kier alpha value is -0.280. The van der Waals surface area contributed by atoms with Crippen LogP contribution in [0.25, 0.3) is 0 Å². The lowest BCUT2D eigenvalue weighted by Gasteiger charge is -2.20. The molecule has 0 aliphatic carbocycles. The van der Waals surface area contributed by atoms with E-state index in [1.165, 1.54) is 0 Å². The zero-order valence-corrected chi connectivity index (χ0v) is 7.36. The third-order valence-corrected chi connectivity index (χ3v) is 2.57. The molecule has 1 N–H and O–H groups in total. The molecule has 2 rings (SSSR count). The van der Waals surface area contributed by atoms with Crippen LogP contribution in [0.4, 0.5) is 0 Å². The van der Waals surface area contributed by atoms with Crippen LogP contribution < -0.4 is 5.32 Å². The summed E-state index contributed by atoms with van der Waals surface area (Å²) in [6.45, 7) is 1.87. The molecular weight excluding hydrogens is 164 g/mol. The SMILES string of the molecule is CN1C(=O)C2CNCC1C2.Cl. The summed E-state index contributed by atoms with van der Waals surface area (Å²) < 4.78 is 0. The second kappa shape index (κ2) is 2.99. The molecule has 0 aromatic carbocycles. The lowest BCUT2D eigenvalue weighted by atomic mass is 10.0. The van der Waals surface area contributed by atoms with Gasteiger partial charge in [0.05, 0.1) is 5.92 Å². The number of rotatable bonds is 0. The Morgan fingerprint density at radius 2 is 2.27 bits per heavy atom. The van der Waals surface area contributed by atoms with Crippen molar-refractivity contribution in [1.82, 2.24) is 10.2 Å². The van der Waals surface area contributed by atoms with E-state index < -0.39 is 0 Å². The number of nitrogens with one attached hydrogen (secondary N) is 1. The largest absolute Gasteiger partial charge is 0.341 e. The second-order valence-corrected chi connectivity index (χ2v) is 3.19. The highest BCUT2D eigenvalue weighted by Crippen LogP contribution is 2.24. The number of halogens is 1. The van der Waals surface area contributed by atoms with Crippen LogP contribution in [0, 0.1) is 5.92 Å². The summed E-state index contributed by atoms with van der Waals surface area (Å²) >= 11 is 0. The Bertz CT molecular complexity index is 170. The minimum atomic E-state index is 0. The molecule has 2 aliphatic heterocycles. The number of piperidine rings is 1. The first kappa shape index (κ1) is 8.81.